The van der Waals surface area contributed by atoms with Crippen molar-refractivity contribution >= 4 is 44.6 Å². The molecule has 6 aromatic carbocycles. The van der Waals surface area contributed by atoms with E-state index in [1.165, 1.54) is 50.3 Å². The smallest absolute Gasteiger partial charge is 0.137 e. The molecule has 314 valence electrons. The first-order chi connectivity index (χ1) is 29.4. The van der Waals surface area contributed by atoms with Crippen LogP contribution in [0.5, 0.6) is 11.5 Å². The van der Waals surface area contributed by atoms with E-state index in [1.54, 1.807) is 0 Å². The van der Waals surface area contributed by atoms with E-state index in [0.717, 1.165) is 39.4 Å². The zero-order valence-corrected chi connectivity index (χ0v) is 38.3. The first kappa shape index (κ1) is 41.0. The van der Waals surface area contributed by atoms with Gasteiger partial charge in [0, 0.05) is 45.9 Å². The maximum atomic E-state index is 6.77. The van der Waals surface area contributed by atoms with Crippen LogP contribution in [0, 0.1) is 0 Å². The molecule has 0 N–H and O–H groups in total. The predicted octanol–water partition coefficient (Wildman–Crippen LogP) is 15.4. The third kappa shape index (κ3) is 7.52. The van der Waals surface area contributed by atoms with Crippen LogP contribution >= 0.6 is 0 Å². The standard InChI is InChI=1S/C57H60N4O/c1-54(2,3)38-23-25-39(26-24-38)57(10,11)40-29-30-58-53(34-40)61-49-20-13-12-19-47(49)48-28-27-46(36-52(48)61)62-45-18-16-17-43(35-45)59-37-60(51-22-15-14-21-50(51)59)44-32-41(55(4,5)6)31-42(33-44)56(7,8)9/h12-36H,37H2,1-11H3. The third-order valence-electron chi connectivity index (χ3n) is 12.9. The fourth-order valence-corrected chi connectivity index (χ4v) is 8.88. The van der Waals surface area contributed by atoms with Crippen molar-refractivity contribution in [2.75, 3.05) is 16.5 Å². The Morgan fingerprint density at radius 1 is 0.435 bits per heavy atom. The van der Waals surface area contributed by atoms with Gasteiger partial charge in [0.25, 0.3) is 0 Å². The highest BCUT2D eigenvalue weighted by atomic mass is 16.5. The van der Waals surface area contributed by atoms with Crippen molar-refractivity contribution in [2.45, 2.75) is 97.8 Å². The van der Waals surface area contributed by atoms with E-state index in [2.05, 4.69) is 230 Å². The number of hydrogen-bond donors (Lipinski definition) is 0. The van der Waals surface area contributed by atoms with Gasteiger partial charge in [-0.1, -0.05) is 143 Å². The van der Waals surface area contributed by atoms with Gasteiger partial charge in [-0.3, -0.25) is 4.57 Å². The van der Waals surface area contributed by atoms with Gasteiger partial charge in [0.05, 0.1) is 22.4 Å². The molecule has 0 radical (unpaired) electrons. The molecule has 5 heteroatoms. The van der Waals surface area contributed by atoms with Crippen molar-refractivity contribution in [2.24, 2.45) is 0 Å². The van der Waals surface area contributed by atoms with E-state index < -0.39 is 0 Å². The zero-order chi connectivity index (χ0) is 43.8. The number of pyridine rings is 1. The minimum atomic E-state index is -0.231. The van der Waals surface area contributed by atoms with Crippen LogP contribution in [0.1, 0.15) is 104 Å². The van der Waals surface area contributed by atoms with E-state index in [9.17, 15) is 0 Å². The SMILES string of the molecule is CC(C)(C)c1ccc(C(C)(C)c2ccnc(-n3c4ccccc4c4ccc(Oc5cccc(N6CN(c7cc(C(C)(C)C)cc(C(C)(C)C)c7)c7ccccc76)c5)cc43)c2)cc1. The molecule has 62 heavy (non-hydrogen) atoms. The summed E-state index contributed by atoms with van der Waals surface area (Å²) >= 11 is 0. The van der Waals surface area contributed by atoms with Gasteiger partial charge < -0.3 is 14.5 Å². The molecule has 0 bridgehead atoms. The Bertz CT molecular complexity index is 2920. The number of ether oxygens (including phenoxy) is 1. The molecule has 0 spiro atoms. The summed E-state index contributed by atoms with van der Waals surface area (Å²) in [4.78, 5) is 9.84. The molecule has 0 saturated heterocycles. The maximum Gasteiger partial charge on any atom is 0.137 e. The Balaban J connectivity index is 1.05. The summed E-state index contributed by atoms with van der Waals surface area (Å²) in [5.74, 6) is 2.43. The number of hydrogen-bond acceptors (Lipinski definition) is 4. The minimum Gasteiger partial charge on any atom is -0.457 e. The van der Waals surface area contributed by atoms with E-state index in [4.69, 9.17) is 9.72 Å². The van der Waals surface area contributed by atoms with Gasteiger partial charge in [0.1, 0.15) is 24.0 Å². The summed E-state index contributed by atoms with van der Waals surface area (Å²) < 4.78 is 9.06. The first-order valence-corrected chi connectivity index (χ1v) is 22.1. The Kier molecular flexibility index (Phi) is 9.89. The normalized spacial score (nSPS) is 13.6. The largest absolute Gasteiger partial charge is 0.457 e. The molecule has 1 aliphatic heterocycles. The number of anilines is 4. The average Bonchev–Trinajstić information content (AvgIpc) is 3.79. The number of benzene rings is 6. The lowest BCUT2D eigenvalue weighted by Gasteiger charge is -2.29. The molecule has 9 rings (SSSR count). The number of para-hydroxylation sites is 3. The fourth-order valence-electron chi connectivity index (χ4n) is 8.88. The first-order valence-electron chi connectivity index (χ1n) is 22.1. The molecule has 0 saturated carbocycles. The molecule has 1 aliphatic rings. The zero-order valence-electron chi connectivity index (χ0n) is 38.3. The second-order valence-electron chi connectivity index (χ2n) is 20.7. The van der Waals surface area contributed by atoms with Crippen LogP contribution in [-0.2, 0) is 21.7 Å². The summed E-state index contributed by atoms with van der Waals surface area (Å²) in [6.07, 6.45) is 1.95. The topological polar surface area (TPSA) is 33.5 Å². The molecular weight excluding hydrogens is 757 g/mol. The van der Waals surface area contributed by atoms with Gasteiger partial charge >= 0.3 is 0 Å². The van der Waals surface area contributed by atoms with Crippen LogP contribution in [-0.4, -0.2) is 16.2 Å². The summed E-state index contributed by atoms with van der Waals surface area (Å²) in [6.45, 7) is 25.9. The van der Waals surface area contributed by atoms with Gasteiger partial charge in [-0.2, -0.15) is 0 Å². The molecule has 0 aliphatic carbocycles. The number of nitrogens with zero attached hydrogens (tertiary/aromatic N) is 4. The predicted molar refractivity (Wildman–Crippen MR) is 262 cm³/mol. The molecule has 0 amide bonds. The monoisotopic (exact) mass is 816 g/mol. The lowest BCUT2D eigenvalue weighted by molar-refractivity contribution is 0.483. The fraction of sp³-hybridized carbons (Fsp3) is 0.281. The van der Waals surface area contributed by atoms with Crippen molar-refractivity contribution in [1.29, 1.82) is 0 Å². The van der Waals surface area contributed by atoms with Gasteiger partial charge in [-0.25, -0.2) is 4.98 Å². The van der Waals surface area contributed by atoms with Gasteiger partial charge in [0.15, 0.2) is 0 Å². The second kappa shape index (κ2) is 14.9. The average molecular weight is 817 g/mol. The molecule has 0 fully saturated rings. The number of fused-ring (bicyclic) bond motifs is 4. The minimum absolute atomic E-state index is 0.0226. The van der Waals surface area contributed by atoms with Crippen molar-refractivity contribution in [3.63, 3.8) is 0 Å². The lowest BCUT2D eigenvalue weighted by Crippen LogP contribution is -2.25. The van der Waals surface area contributed by atoms with E-state index in [-0.39, 0.29) is 21.7 Å². The van der Waals surface area contributed by atoms with Crippen LogP contribution in [0.25, 0.3) is 27.6 Å². The second-order valence-corrected chi connectivity index (χ2v) is 20.7. The molecule has 2 aromatic heterocycles. The highest BCUT2D eigenvalue weighted by molar-refractivity contribution is 6.09. The molecule has 3 heterocycles. The summed E-state index contributed by atoms with van der Waals surface area (Å²) in [6, 6.07) is 52.9. The van der Waals surface area contributed by atoms with Crippen LogP contribution in [0.3, 0.4) is 0 Å². The Morgan fingerprint density at radius 2 is 1.02 bits per heavy atom. The Morgan fingerprint density at radius 3 is 1.68 bits per heavy atom. The molecule has 5 nitrogen and oxygen atoms in total. The quantitative estimate of drug-likeness (QED) is 0.160. The van der Waals surface area contributed by atoms with Crippen LogP contribution < -0.4 is 14.5 Å². The van der Waals surface area contributed by atoms with Crippen molar-refractivity contribution < 1.29 is 4.74 Å². The summed E-state index contributed by atoms with van der Waals surface area (Å²) in [7, 11) is 0. The maximum absolute atomic E-state index is 6.77. The third-order valence-corrected chi connectivity index (χ3v) is 12.9. The highest BCUT2D eigenvalue weighted by Gasteiger charge is 2.31. The number of aromatic nitrogens is 2. The molecule has 0 atom stereocenters. The molecular formula is C57H60N4O. The highest BCUT2D eigenvalue weighted by Crippen LogP contribution is 2.47. The van der Waals surface area contributed by atoms with E-state index in [1.807, 2.05) is 12.3 Å². The Hall–Kier alpha value is -6.33. The van der Waals surface area contributed by atoms with Crippen LogP contribution in [0.15, 0.2) is 152 Å². The lowest BCUT2D eigenvalue weighted by atomic mass is 9.77. The van der Waals surface area contributed by atoms with Crippen molar-refractivity contribution in [3.8, 4) is 17.3 Å². The van der Waals surface area contributed by atoms with Crippen molar-refractivity contribution in [1.82, 2.24) is 9.55 Å². The molecule has 8 aromatic rings. The summed E-state index contributed by atoms with van der Waals surface area (Å²) in [5.41, 5.74) is 13.2. The number of rotatable bonds is 7. The van der Waals surface area contributed by atoms with Crippen molar-refractivity contribution in [3.05, 3.63) is 180 Å². The molecule has 0 unspecified atom stereocenters. The van der Waals surface area contributed by atoms with Crippen LogP contribution in [0.2, 0.25) is 0 Å². The van der Waals surface area contributed by atoms with E-state index >= 15 is 0 Å². The Labute approximate surface area is 368 Å². The van der Waals surface area contributed by atoms with Crippen LogP contribution in [0.4, 0.5) is 22.7 Å². The van der Waals surface area contributed by atoms with Gasteiger partial charge in [-0.15, -0.1) is 0 Å². The summed E-state index contributed by atoms with van der Waals surface area (Å²) in [5, 5.41) is 2.34. The van der Waals surface area contributed by atoms with E-state index in [0.29, 0.717) is 6.67 Å². The van der Waals surface area contributed by atoms with Gasteiger partial charge in [0.2, 0.25) is 0 Å². The van der Waals surface area contributed by atoms with Gasteiger partial charge in [-0.05, 0) is 111 Å².